The molecule has 3 rings (SSSR count). The van der Waals surface area contributed by atoms with Crippen LogP contribution in [0, 0.1) is 19.7 Å². The van der Waals surface area contributed by atoms with E-state index in [1.54, 1.807) is 13.8 Å². The third-order valence-corrected chi connectivity index (χ3v) is 6.15. The number of sulfonamides is 1. The number of hydrogen-bond donors (Lipinski definition) is 1. The fraction of sp³-hybridized carbons (Fsp3) is 0.300. The predicted octanol–water partition coefficient (Wildman–Crippen LogP) is 4.12. The van der Waals surface area contributed by atoms with Crippen molar-refractivity contribution in [2.75, 3.05) is 4.72 Å². The van der Waals surface area contributed by atoms with Gasteiger partial charge in [-0.25, -0.2) is 22.5 Å². The fourth-order valence-corrected chi connectivity index (χ4v) is 4.61. The van der Waals surface area contributed by atoms with Crippen LogP contribution in [0.3, 0.4) is 0 Å². The van der Waals surface area contributed by atoms with Crippen molar-refractivity contribution in [1.29, 1.82) is 0 Å². The van der Waals surface area contributed by atoms with Crippen LogP contribution in [0.1, 0.15) is 37.5 Å². The van der Waals surface area contributed by atoms with Crippen LogP contribution in [-0.2, 0) is 15.4 Å². The van der Waals surface area contributed by atoms with E-state index in [9.17, 15) is 12.8 Å². The highest BCUT2D eigenvalue weighted by molar-refractivity contribution is 7.92. The number of hydrogen-bond acceptors (Lipinski definition) is 4. The minimum absolute atomic E-state index is 0.0917. The normalized spacial score (nSPS) is 12.2. The molecule has 0 saturated heterocycles. The summed E-state index contributed by atoms with van der Waals surface area (Å²) in [7, 11) is -3.87. The van der Waals surface area contributed by atoms with Gasteiger partial charge >= 0.3 is 0 Å². The zero-order valence-electron chi connectivity index (χ0n) is 16.5. The van der Waals surface area contributed by atoms with Gasteiger partial charge in [0.1, 0.15) is 18.3 Å². The van der Waals surface area contributed by atoms with Crippen molar-refractivity contribution >= 4 is 15.7 Å². The van der Waals surface area contributed by atoms with E-state index in [2.05, 4.69) is 35.6 Å². The molecule has 0 aliphatic carbocycles. The summed E-state index contributed by atoms with van der Waals surface area (Å²) in [4.78, 5) is 3.99. The highest BCUT2D eigenvalue weighted by Crippen LogP contribution is 2.30. The van der Waals surface area contributed by atoms with Gasteiger partial charge in [0.2, 0.25) is 0 Å². The number of benzene rings is 2. The predicted molar refractivity (Wildman–Crippen MR) is 107 cm³/mol. The summed E-state index contributed by atoms with van der Waals surface area (Å²) in [5.74, 6) is -0.609. The summed E-state index contributed by atoms with van der Waals surface area (Å²) in [6, 6.07) is 7.84. The van der Waals surface area contributed by atoms with Crippen molar-refractivity contribution in [2.24, 2.45) is 0 Å². The summed E-state index contributed by atoms with van der Waals surface area (Å²) in [6.07, 6.45) is 2.66. The Kier molecular flexibility index (Phi) is 5.01. The average molecular weight is 402 g/mol. The van der Waals surface area contributed by atoms with Gasteiger partial charge in [-0.15, -0.1) is 0 Å². The monoisotopic (exact) mass is 402 g/mol. The molecule has 0 bridgehead atoms. The summed E-state index contributed by atoms with van der Waals surface area (Å²) in [6.45, 7) is 9.77. The lowest BCUT2D eigenvalue weighted by molar-refractivity contribution is 0.585. The highest BCUT2D eigenvalue weighted by atomic mass is 32.2. The molecule has 0 fully saturated rings. The van der Waals surface area contributed by atoms with Crippen LogP contribution in [0.4, 0.5) is 10.1 Å². The number of halogens is 1. The Balaban J connectivity index is 1.96. The molecule has 3 aromatic rings. The van der Waals surface area contributed by atoms with E-state index in [1.165, 1.54) is 29.5 Å². The minimum atomic E-state index is -3.87. The van der Waals surface area contributed by atoms with E-state index >= 15 is 0 Å². The van der Waals surface area contributed by atoms with Crippen molar-refractivity contribution in [3.8, 4) is 5.69 Å². The van der Waals surface area contributed by atoms with Crippen LogP contribution in [0.2, 0.25) is 0 Å². The van der Waals surface area contributed by atoms with Crippen LogP contribution in [-0.4, -0.2) is 23.2 Å². The Morgan fingerprint density at radius 2 is 1.71 bits per heavy atom. The third kappa shape index (κ3) is 3.91. The van der Waals surface area contributed by atoms with Crippen LogP contribution in [0.25, 0.3) is 5.69 Å². The molecule has 0 unspecified atom stereocenters. The first-order valence-corrected chi connectivity index (χ1v) is 10.3. The molecular weight excluding hydrogens is 379 g/mol. The lowest BCUT2D eigenvalue weighted by Gasteiger charge is -2.22. The van der Waals surface area contributed by atoms with Gasteiger partial charge < -0.3 is 0 Å². The maximum Gasteiger partial charge on any atom is 0.262 e. The quantitative estimate of drug-likeness (QED) is 0.712. The molecule has 148 valence electrons. The molecule has 1 N–H and O–H groups in total. The molecule has 0 radical (unpaired) electrons. The molecule has 0 amide bonds. The number of nitrogens with zero attached hydrogens (tertiary/aromatic N) is 3. The fourth-order valence-electron chi connectivity index (χ4n) is 3.10. The Hall–Kier alpha value is -2.74. The molecule has 1 heterocycles. The molecule has 0 aliphatic heterocycles. The van der Waals surface area contributed by atoms with E-state index < -0.39 is 15.8 Å². The SMILES string of the molecule is Cc1cc(C(C)(C)C)cc(C)c1S(=O)(=O)Nc1ccc(-n2cncn2)c(F)c1. The van der Waals surface area contributed by atoms with Gasteiger partial charge in [-0.3, -0.25) is 4.72 Å². The zero-order chi connectivity index (χ0) is 20.7. The smallest absolute Gasteiger partial charge is 0.262 e. The Labute approximate surface area is 164 Å². The molecule has 0 atom stereocenters. The van der Waals surface area contributed by atoms with E-state index in [0.717, 1.165) is 11.6 Å². The number of aryl methyl sites for hydroxylation is 2. The van der Waals surface area contributed by atoms with E-state index in [0.29, 0.717) is 11.1 Å². The Bertz CT molecular complexity index is 1090. The summed E-state index contributed by atoms with van der Waals surface area (Å²) in [5.41, 5.74) is 2.59. The lowest BCUT2D eigenvalue weighted by Crippen LogP contribution is -2.18. The second kappa shape index (κ2) is 7.01. The van der Waals surface area contributed by atoms with Crippen molar-refractivity contribution in [3.05, 3.63) is 65.5 Å². The van der Waals surface area contributed by atoms with Crippen LogP contribution >= 0.6 is 0 Å². The molecule has 0 spiro atoms. The van der Waals surface area contributed by atoms with Crippen molar-refractivity contribution in [1.82, 2.24) is 14.8 Å². The van der Waals surface area contributed by atoms with E-state index in [4.69, 9.17) is 0 Å². The number of nitrogens with one attached hydrogen (secondary N) is 1. The number of rotatable bonds is 4. The van der Waals surface area contributed by atoms with E-state index in [1.807, 2.05) is 12.1 Å². The molecule has 28 heavy (non-hydrogen) atoms. The number of anilines is 1. The largest absolute Gasteiger partial charge is 0.280 e. The second-order valence-corrected chi connectivity index (χ2v) is 9.42. The van der Waals surface area contributed by atoms with Gasteiger partial charge in [0.25, 0.3) is 10.0 Å². The van der Waals surface area contributed by atoms with Crippen molar-refractivity contribution in [3.63, 3.8) is 0 Å². The molecule has 2 aromatic carbocycles. The van der Waals surface area contributed by atoms with Crippen LogP contribution in [0.15, 0.2) is 47.9 Å². The molecular formula is C20H23FN4O2S. The average Bonchev–Trinajstić information content (AvgIpc) is 3.06. The summed E-state index contributed by atoms with van der Waals surface area (Å²) < 4.78 is 44.1. The standard InChI is InChI=1S/C20H23FN4O2S/c1-13-8-15(20(3,4)5)9-14(2)19(13)28(26,27)24-16-6-7-18(17(21)10-16)25-12-22-11-23-25/h6-12,24H,1-5H3. The summed E-state index contributed by atoms with van der Waals surface area (Å²) >= 11 is 0. The van der Waals surface area contributed by atoms with Gasteiger partial charge in [-0.1, -0.05) is 32.9 Å². The van der Waals surface area contributed by atoms with Gasteiger partial charge in [0.05, 0.1) is 10.6 Å². The third-order valence-electron chi connectivity index (χ3n) is 4.46. The first-order chi connectivity index (χ1) is 13.0. The zero-order valence-corrected chi connectivity index (χ0v) is 17.3. The highest BCUT2D eigenvalue weighted by Gasteiger charge is 2.23. The van der Waals surface area contributed by atoms with Gasteiger partial charge in [0.15, 0.2) is 5.82 Å². The number of aromatic nitrogens is 3. The molecule has 1 aromatic heterocycles. The first kappa shape index (κ1) is 20.0. The Morgan fingerprint density at radius 3 is 2.21 bits per heavy atom. The Morgan fingerprint density at radius 1 is 1.07 bits per heavy atom. The van der Waals surface area contributed by atoms with Crippen LogP contribution in [0.5, 0.6) is 0 Å². The van der Waals surface area contributed by atoms with Gasteiger partial charge in [0, 0.05) is 6.07 Å². The maximum atomic E-state index is 14.4. The summed E-state index contributed by atoms with van der Waals surface area (Å²) in [5, 5.41) is 3.88. The lowest BCUT2D eigenvalue weighted by atomic mass is 9.85. The van der Waals surface area contributed by atoms with Crippen molar-refractivity contribution < 1.29 is 12.8 Å². The molecule has 8 heteroatoms. The first-order valence-electron chi connectivity index (χ1n) is 8.78. The minimum Gasteiger partial charge on any atom is -0.280 e. The van der Waals surface area contributed by atoms with E-state index in [-0.39, 0.29) is 21.7 Å². The molecule has 0 aliphatic rings. The second-order valence-electron chi connectivity index (χ2n) is 7.80. The maximum absolute atomic E-state index is 14.4. The molecule has 0 saturated carbocycles. The van der Waals surface area contributed by atoms with Gasteiger partial charge in [-0.05, 0) is 48.1 Å². The van der Waals surface area contributed by atoms with Crippen molar-refractivity contribution in [2.45, 2.75) is 44.9 Å². The van der Waals surface area contributed by atoms with Crippen LogP contribution < -0.4 is 4.72 Å². The van der Waals surface area contributed by atoms with Gasteiger partial charge in [-0.2, -0.15) is 5.10 Å². The topological polar surface area (TPSA) is 76.9 Å². The molecule has 6 nitrogen and oxygen atoms in total.